The van der Waals surface area contributed by atoms with Crippen LogP contribution in [0.1, 0.15) is 19.4 Å². The standard InChI is InChI=1S/C19H31FN4O/c1-3-21-19(22-9-8-17-4-6-18(20)7-5-17)23-14-16(2)15-24-10-12-25-13-11-24/h4-7,16H,3,8-15H2,1-2H3,(H2,21,22,23). The highest BCUT2D eigenvalue weighted by molar-refractivity contribution is 5.79. The molecule has 25 heavy (non-hydrogen) atoms. The predicted molar refractivity (Wildman–Crippen MR) is 101 cm³/mol. The van der Waals surface area contributed by atoms with Gasteiger partial charge in [-0.25, -0.2) is 4.39 Å². The van der Waals surface area contributed by atoms with E-state index < -0.39 is 0 Å². The van der Waals surface area contributed by atoms with Crippen LogP contribution in [-0.4, -0.2) is 63.3 Å². The second-order valence-electron chi connectivity index (χ2n) is 6.54. The minimum Gasteiger partial charge on any atom is -0.379 e. The van der Waals surface area contributed by atoms with E-state index in [1.54, 1.807) is 0 Å². The average Bonchev–Trinajstić information content (AvgIpc) is 2.62. The van der Waals surface area contributed by atoms with E-state index >= 15 is 0 Å². The van der Waals surface area contributed by atoms with Gasteiger partial charge in [-0.05, 0) is 37.0 Å². The molecule has 2 N–H and O–H groups in total. The fraction of sp³-hybridized carbons (Fsp3) is 0.632. The van der Waals surface area contributed by atoms with Crippen molar-refractivity contribution in [1.29, 1.82) is 0 Å². The van der Waals surface area contributed by atoms with Gasteiger partial charge in [-0.3, -0.25) is 9.89 Å². The largest absolute Gasteiger partial charge is 0.379 e. The molecule has 0 aromatic heterocycles. The lowest BCUT2D eigenvalue weighted by molar-refractivity contribution is 0.0323. The maximum atomic E-state index is 12.9. The monoisotopic (exact) mass is 350 g/mol. The molecule has 1 fully saturated rings. The van der Waals surface area contributed by atoms with E-state index in [1.807, 2.05) is 12.1 Å². The van der Waals surface area contributed by atoms with Gasteiger partial charge in [0.1, 0.15) is 5.82 Å². The van der Waals surface area contributed by atoms with Crippen LogP contribution >= 0.6 is 0 Å². The third-order valence-corrected chi connectivity index (χ3v) is 4.20. The minimum atomic E-state index is -0.194. The molecule has 0 amide bonds. The van der Waals surface area contributed by atoms with E-state index in [1.165, 1.54) is 12.1 Å². The topological polar surface area (TPSA) is 48.9 Å². The van der Waals surface area contributed by atoms with Gasteiger partial charge in [-0.15, -0.1) is 0 Å². The lowest BCUT2D eigenvalue weighted by atomic mass is 10.1. The number of benzene rings is 1. The number of guanidine groups is 1. The van der Waals surface area contributed by atoms with Crippen LogP contribution in [0, 0.1) is 11.7 Å². The Labute approximate surface area is 150 Å². The summed E-state index contributed by atoms with van der Waals surface area (Å²) in [5.41, 5.74) is 1.12. The summed E-state index contributed by atoms with van der Waals surface area (Å²) >= 11 is 0. The summed E-state index contributed by atoms with van der Waals surface area (Å²) in [5, 5.41) is 6.64. The number of nitrogens with one attached hydrogen (secondary N) is 2. The first-order valence-electron chi connectivity index (χ1n) is 9.24. The predicted octanol–water partition coefficient (Wildman–Crippen LogP) is 1.89. The van der Waals surface area contributed by atoms with E-state index in [-0.39, 0.29) is 5.82 Å². The maximum Gasteiger partial charge on any atom is 0.191 e. The molecule has 1 saturated heterocycles. The number of ether oxygens (including phenoxy) is 1. The van der Waals surface area contributed by atoms with Crippen molar-refractivity contribution >= 4 is 5.96 Å². The van der Waals surface area contributed by atoms with Crippen LogP contribution in [0.15, 0.2) is 29.3 Å². The van der Waals surface area contributed by atoms with Crippen molar-refractivity contribution in [2.75, 3.05) is 52.5 Å². The Hall–Kier alpha value is -1.66. The van der Waals surface area contributed by atoms with Crippen LogP contribution in [0.3, 0.4) is 0 Å². The van der Waals surface area contributed by atoms with Crippen molar-refractivity contribution in [1.82, 2.24) is 15.5 Å². The molecule has 1 aliphatic heterocycles. The van der Waals surface area contributed by atoms with E-state index in [4.69, 9.17) is 9.73 Å². The number of hydrogen-bond donors (Lipinski definition) is 2. The van der Waals surface area contributed by atoms with E-state index in [9.17, 15) is 4.39 Å². The number of nitrogens with zero attached hydrogens (tertiary/aromatic N) is 2. The summed E-state index contributed by atoms with van der Waals surface area (Å²) in [5.74, 6) is 1.16. The lowest BCUT2D eigenvalue weighted by Gasteiger charge is -2.28. The number of aliphatic imine (C=N–C) groups is 1. The minimum absolute atomic E-state index is 0.194. The van der Waals surface area contributed by atoms with Crippen molar-refractivity contribution in [3.8, 4) is 0 Å². The quantitative estimate of drug-likeness (QED) is 0.555. The van der Waals surface area contributed by atoms with Crippen LogP contribution in [0.2, 0.25) is 0 Å². The summed E-state index contributed by atoms with van der Waals surface area (Å²) in [6.45, 7) is 11.5. The van der Waals surface area contributed by atoms with Crippen molar-refractivity contribution in [3.63, 3.8) is 0 Å². The Morgan fingerprint density at radius 1 is 1.24 bits per heavy atom. The SMILES string of the molecule is CCNC(=NCC(C)CN1CCOCC1)NCCc1ccc(F)cc1. The molecule has 0 aliphatic carbocycles. The highest BCUT2D eigenvalue weighted by Crippen LogP contribution is 2.04. The molecule has 1 heterocycles. The first-order valence-corrected chi connectivity index (χ1v) is 9.24. The molecule has 1 atom stereocenters. The first kappa shape index (κ1) is 19.7. The fourth-order valence-corrected chi connectivity index (χ4v) is 2.85. The Kier molecular flexibility index (Phi) is 8.69. The van der Waals surface area contributed by atoms with Gasteiger partial charge in [0.15, 0.2) is 5.96 Å². The van der Waals surface area contributed by atoms with Gasteiger partial charge in [0, 0.05) is 39.3 Å². The number of rotatable bonds is 8. The molecule has 1 aromatic carbocycles. The Balaban J connectivity index is 1.73. The molecule has 140 valence electrons. The lowest BCUT2D eigenvalue weighted by Crippen LogP contribution is -2.40. The second-order valence-corrected chi connectivity index (χ2v) is 6.54. The summed E-state index contributed by atoms with van der Waals surface area (Å²) in [6, 6.07) is 6.65. The number of hydrogen-bond acceptors (Lipinski definition) is 3. The molecule has 0 bridgehead atoms. The molecule has 0 spiro atoms. The van der Waals surface area contributed by atoms with Gasteiger partial charge in [0.05, 0.1) is 13.2 Å². The van der Waals surface area contributed by atoms with Gasteiger partial charge in [0.25, 0.3) is 0 Å². The third-order valence-electron chi connectivity index (χ3n) is 4.20. The molecule has 1 aliphatic rings. The molecule has 1 aromatic rings. The summed E-state index contributed by atoms with van der Waals surface area (Å²) < 4.78 is 18.3. The first-order chi connectivity index (χ1) is 12.2. The van der Waals surface area contributed by atoms with Crippen LogP contribution < -0.4 is 10.6 Å². The van der Waals surface area contributed by atoms with Gasteiger partial charge >= 0.3 is 0 Å². The maximum absolute atomic E-state index is 12.9. The Morgan fingerprint density at radius 3 is 2.64 bits per heavy atom. The van der Waals surface area contributed by atoms with E-state index in [0.717, 1.165) is 70.4 Å². The summed E-state index contributed by atoms with van der Waals surface area (Å²) in [4.78, 5) is 7.14. The fourth-order valence-electron chi connectivity index (χ4n) is 2.85. The molecule has 1 unspecified atom stereocenters. The van der Waals surface area contributed by atoms with Gasteiger partial charge < -0.3 is 15.4 Å². The van der Waals surface area contributed by atoms with Gasteiger partial charge in [0.2, 0.25) is 0 Å². The normalized spacial score (nSPS) is 17.3. The molecule has 0 saturated carbocycles. The highest BCUT2D eigenvalue weighted by Gasteiger charge is 2.13. The zero-order valence-corrected chi connectivity index (χ0v) is 15.4. The molecular weight excluding hydrogens is 319 g/mol. The van der Waals surface area contributed by atoms with Crippen molar-refractivity contribution in [2.24, 2.45) is 10.9 Å². The zero-order valence-electron chi connectivity index (χ0n) is 15.4. The second kappa shape index (κ2) is 11.1. The highest BCUT2D eigenvalue weighted by atomic mass is 19.1. The van der Waals surface area contributed by atoms with Crippen LogP contribution in [0.4, 0.5) is 4.39 Å². The summed E-state index contributed by atoms with van der Waals surface area (Å²) in [7, 11) is 0. The average molecular weight is 350 g/mol. The number of morpholine rings is 1. The molecule has 5 nitrogen and oxygen atoms in total. The van der Waals surface area contributed by atoms with E-state index in [2.05, 4.69) is 29.4 Å². The molecule has 0 radical (unpaired) electrons. The van der Waals surface area contributed by atoms with Crippen LogP contribution in [0.5, 0.6) is 0 Å². The number of halogens is 1. The zero-order chi connectivity index (χ0) is 17.9. The summed E-state index contributed by atoms with van der Waals surface area (Å²) in [6.07, 6.45) is 0.841. The van der Waals surface area contributed by atoms with Crippen LogP contribution in [-0.2, 0) is 11.2 Å². The van der Waals surface area contributed by atoms with Crippen molar-refractivity contribution < 1.29 is 9.13 Å². The Morgan fingerprint density at radius 2 is 1.96 bits per heavy atom. The van der Waals surface area contributed by atoms with Crippen LogP contribution in [0.25, 0.3) is 0 Å². The Bertz CT molecular complexity index is 515. The molecule has 2 rings (SSSR count). The smallest absolute Gasteiger partial charge is 0.191 e. The van der Waals surface area contributed by atoms with Crippen molar-refractivity contribution in [2.45, 2.75) is 20.3 Å². The third kappa shape index (κ3) is 7.84. The van der Waals surface area contributed by atoms with Crippen molar-refractivity contribution in [3.05, 3.63) is 35.6 Å². The van der Waals surface area contributed by atoms with Gasteiger partial charge in [-0.1, -0.05) is 19.1 Å². The van der Waals surface area contributed by atoms with E-state index in [0.29, 0.717) is 5.92 Å². The molecule has 6 heteroatoms. The molecular formula is C19H31FN4O. The van der Waals surface area contributed by atoms with Gasteiger partial charge in [-0.2, -0.15) is 0 Å².